The van der Waals surface area contributed by atoms with E-state index in [0.29, 0.717) is 33.3 Å². The molecule has 0 spiro atoms. The second-order valence-electron chi connectivity index (χ2n) is 7.55. The zero-order valence-electron chi connectivity index (χ0n) is 16.3. The highest BCUT2D eigenvalue weighted by Crippen LogP contribution is 2.41. The summed E-state index contributed by atoms with van der Waals surface area (Å²) in [7, 11) is 0. The van der Waals surface area contributed by atoms with Crippen LogP contribution in [-0.4, -0.2) is 31.0 Å². The van der Waals surface area contributed by atoms with Crippen molar-refractivity contribution in [3.63, 3.8) is 0 Å². The summed E-state index contributed by atoms with van der Waals surface area (Å²) in [5.74, 6) is 0.615. The van der Waals surface area contributed by atoms with Crippen molar-refractivity contribution < 1.29 is 9.90 Å². The number of aromatic amines is 1. The van der Waals surface area contributed by atoms with Gasteiger partial charge in [0, 0.05) is 10.3 Å². The summed E-state index contributed by atoms with van der Waals surface area (Å²) < 4.78 is 0. The first-order valence-corrected chi connectivity index (χ1v) is 12.2. The van der Waals surface area contributed by atoms with Gasteiger partial charge in [0.05, 0.1) is 11.1 Å². The van der Waals surface area contributed by atoms with Gasteiger partial charge in [-0.2, -0.15) is 0 Å². The Kier molecular flexibility index (Phi) is 4.87. The molecule has 0 unspecified atom stereocenters. The van der Waals surface area contributed by atoms with E-state index in [4.69, 9.17) is 0 Å². The van der Waals surface area contributed by atoms with Gasteiger partial charge >= 0.3 is 5.97 Å². The Morgan fingerprint density at radius 1 is 1.30 bits per heavy atom. The fourth-order valence-electron chi connectivity index (χ4n) is 3.95. The van der Waals surface area contributed by atoms with Crippen molar-refractivity contribution in [3.05, 3.63) is 43.4 Å². The van der Waals surface area contributed by atoms with Crippen LogP contribution < -0.4 is 5.56 Å². The molecule has 0 radical (unpaired) electrons. The average molecular weight is 459 g/mol. The number of carbonyl (C=O) groups is 1. The number of carboxylic acids is 1. The predicted octanol–water partition coefficient (Wildman–Crippen LogP) is 4.41. The van der Waals surface area contributed by atoms with Gasteiger partial charge in [0.15, 0.2) is 0 Å². The number of rotatable bonds is 4. The van der Waals surface area contributed by atoms with Gasteiger partial charge in [-0.3, -0.25) is 4.79 Å². The molecule has 4 heterocycles. The molecule has 0 amide bonds. The van der Waals surface area contributed by atoms with E-state index in [1.807, 2.05) is 0 Å². The van der Waals surface area contributed by atoms with Gasteiger partial charge in [0.25, 0.3) is 5.56 Å². The molecule has 10 heteroatoms. The predicted molar refractivity (Wildman–Crippen MR) is 120 cm³/mol. The van der Waals surface area contributed by atoms with Crippen LogP contribution in [0.1, 0.15) is 44.8 Å². The minimum atomic E-state index is -1.04. The number of nitrogens with one attached hydrogen (secondary N) is 1. The molecule has 30 heavy (non-hydrogen) atoms. The maximum absolute atomic E-state index is 12.5. The third-order valence-corrected chi connectivity index (χ3v) is 8.78. The number of thiophene rings is 2. The Morgan fingerprint density at radius 3 is 2.93 bits per heavy atom. The second-order valence-corrected chi connectivity index (χ2v) is 10.6. The number of aromatic nitrogens is 4. The van der Waals surface area contributed by atoms with Gasteiger partial charge < -0.3 is 10.1 Å². The van der Waals surface area contributed by atoms with E-state index in [1.54, 1.807) is 24.6 Å². The molecule has 1 aliphatic rings. The number of aromatic carboxylic acids is 1. The van der Waals surface area contributed by atoms with Crippen LogP contribution in [0.5, 0.6) is 0 Å². The van der Waals surface area contributed by atoms with Crippen LogP contribution in [0, 0.1) is 12.8 Å². The van der Waals surface area contributed by atoms with E-state index in [9.17, 15) is 14.7 Å². The molecule has 0 bridgehead atoms. The molecular weight excluding hydrogens is 440 g/mol. The summed E-state index contributed by atoms with van der Waals surface area (Å²) in [5, 5.41) is 11.7. The second kappa shape index (κ2) is 7.44. The molecule has 0 fully saturated rings. The Balaban J connectivity index is 1.49. The standard InChI is InChI=1S/C20H18N4O3S3/c1-8-3-4-10-11(5-8)29-18-14(10)17(21-7-22-18)28-6-12-23-16(25)13-9(2)15(20(26)27)30-19(13)24-12/h7-8H,3-6H2,1-2H3,(H,26,27)(H,23,24,25)/t8-/m1/s1. The van der Waals surface area contributed by atoms with E-state index in [1.165, 1.54) is 28.6 Å². The molecule has 7 nitrogen and oxygen atoms in total. The lowest BCUT2D eigenvalue weighted by Crippen LogP contribution is -2.11. The molecule has 1 atom stereocenters. The Hall–Kier alpha value is -2.30. The number of H-pyrrole nitrogens is 1. The lowest BCUT2D eigenvalue weighted by atomic mass is 9.89. The monoisotopic (exact) mass is 458 g/mol. The fraction of sp³-hybridized carbons (Fsp3) is 0.350. The van der Waals surface area contributed by atoms with Crippen molar-refractivity contribution in [1.29, 1.82) is 0 Å². The van der Waals surface area contributed by atoms with Gasteiger partial charge in [-0.1, -0.05) is 18.7 Å². The third kappa shape index (κ3) is 3.23. The molecule has 0 saturated carbocycles. The van der Waals surface area contributed by atoms with Crippen molar-refractivity contribution in [2.24, 2.45) is 5.92 Å². The first kappa shape index (κ1) is 19.7. The smallest absolute Gasteiger partial charge is 0.346 e. The highest BCUT2D eigenvalue weighted by Gasteiger charge is 2.23. The molecule has 0 aromatic carbocycles. The molecule has 2 N–H and O–H groups in total. The minimum Gasteiger partial charge on any atom is -0.477 e. The van der Waals surface area contributed by atoms with Crippen LogP contribution in [0.3, 0.4) is 0 Å². The van der Waals surface area contributed by atoms with Crippen LogP contribution in [0.15, 0.2) is 16.1 Å². The van der Waals surface area contributed by atoms with E-state index >= 15 is 0 Å². The first-order chi connectivity index (χ1) is 14.4. The molecule has 0 saturated heterocycles. The highest BCUT2D eigenvalue weighted by atomic mass is 32.2. The number of hydrogen-bond donors (Lipinski definition) is 2. The van der Waals surface area contributed by atoms with Gasteiger partial charge in [-0.15, -0.1) is 22.7 Å². The first-order valence-electron chi connectivity index (χ1n) is 9.56. The van der Waals surface area contributed by atoms with E-state index in [2.05, 4.69) is 26.9 Å². The molecule has 5 rings (SSSR count). The summed E-state index contributed by atoms with van der Waals surface area (Å²) in [5.41, 5.74) is 1.53. The van der Waals surface area contributed by atoms with Crippen LogP contribution in [-0.2, 0) is 18.6 Å². The molecule has 4 aromatic rings. The SMILES string of the molecule is Cc1c(C(=O)O)sc2nc(CSc3ncnc4sc5c(c34)CC[C@@H](C)C5)[nH]c(=O)c12. The van der Waals surface area contributed by atoms with E-state index in [-0.39, 0.29) is 10.4 Å². The number of nitrogens with zero attached hydrogens (tertiary/aromatic N) is 3. The van der Waals surface area contributed by atoms with Crippen LogP contribution >= 0.6 is 34.4 Å². The maximum Gasteiger partial charge on any atom is 0.346 e. The summed E-state index contributed by atoms with van der Waals surface area (Å²) in [6.45, 7) is 3.93. The van der Waals surface area contributed by atoms with Crippen LogP contribution in [0.2, 0.25) is 0 Å². The van der Waals surface area contributed by atoms with E-state index < -0.39 is 5.97 Å². The minimum absolute atomic E-state index is 0.157. The summed E-state index contributed by atoms with van der Waals surface area (Å²) in [6, 6.07) is 0. The third-order valence-electron chi connectivity index (χ3n) is 5.45. The van der Waals surface area contributed by atoms with Crippen molar-refractivity contribution >= 4 is 60.8 Å². The van der Waals surface area contributed by atoms with Crippen molar-refractivity contribution in [2.75, 3.05) is 0 Å². The Morgan fingerprint density at radius 2 is 2.13 bits per heavy atom. The van der Waals surface area contributed by atoms with Gasteiger partial charge in [0.1, 0.15) is 31.7 Å². The molecular formula is C20H18N4O3S3. The van der Waals surface area contributed by atoms with Crippen molar-refractivity contribution in [3.8, 4) is 0 Å². The molecule has 4 aromatic heterocycles. The number of fused-ring (bicyclic) bond motifs is 4. The number of thioether (sulfide) groups is 1. The quantitative estimate of drug-likeness (QED) is 0.344. The summed E-state index contributed by atoms with van der Waals surface area (Å²) >= 11 is 4.33. The maximum atomic E-state index is 12.5. The number of carboxylic acid groups (broad SMARTS) is 1. The summed E-state index contributed by atoms with van der Waals surface area (Å²) in [6.07, 6.45) is 4.91. The van der Waals surface area contributed by atoms with E-state index in [0.717, 1.165) is 39.4 Å². The van der Waals surface area contributed by atoms with Crippen molar-refractivity contribution in [1.82, 2.24) is 19.9 Å². The average Bonchev–Trinajstić information content (AvgIpc) is 3.24. The van der Waals surface area contributed by atoms with Crippen LogP contribution in [0.4, 0.5) is 0 Å². The van der Waals surface area contributed by atoms with Crippen LogP contribution in [0.25, 0.3) is 20.4 Å². The van der Waals surface area contributed by atoms with Gasteiger partial charge in [-0.25, -0.2) is 19.7 Å². The Bertz CT molecular complexity index is 1370. The van der Waals surface area contributed by atoms with Gasteiger partial charge in [0.2, 0.25) is 0 Å². The molecule has 154 valence electrons. The topological polar surface area (TPSA) is 109 Å². The summed E-state index contributed by atoms with van der Waals surface area (Å²) in [4.78, 5) is 43.3. The zero-order valence-corrected chi connectivity index (χ0v) is 18.8. The Labute approximate surface area is 183 Å². The normalized spacial score (nSPS) is 16.3. The van der Waals surface area contributed by atoms with Crippen molar-refractivity contribution in [2.45, 2.75) is 43.9 Å². The zero-order chi connectivity index (χ0) is 21.0. The fourth-order valence-corrected chi connectivity index (χ4v) is 7.30. The number of aryl methyl sites for hydroxylation is 2. The van der Waals surface area contributed by atoms with Gasteiger partial charge in [-0.05, 0) is 43.2 Å². The molecule has 1 aliphatic carbocycles. The lowest BCUT2D eigenvalue weighted by Gasteiger charge is -2.18. The number of hydrogen-bond acceptors (Lipinski definition) is 8. The lowest BCUT2D eigenvalue weighted by molar-refractivity contribution is 0.0701. The largest absolute Gasteiger partial charge is 0.477 e. The molecule has 0 aliphatic heterocycles. The highest BCUT2D eigenvalue weighted by molar-refractivity contribution is 7.98.